The van der Waals surface area contributed by atoms with Crippen LogP contribution in [0.5, 0.6) is 11.5 Å². The van der Waals surface area contributed by atoms with Gasteiger partial charge in [0.15, 0.2) is 0 Å². The van der Waals surface area contributed by atoms with Crippen LogP contribution in [0.4, 0.5) is 5.00 Å². The van der Waals surface area contributed by atoms with Crippen LogP contribution in [0.15, 0.2) is 23.8 Å². The number of nitrogens with one attached hydrogen (secondary N) is 1. The fourth-order valence-corrected chi connectivity index (χ4v) is 4.45. The van der Waals surface area contributed by atoms with Crippen LogP contribution in [0.2, 0.25) is 0 Å². The number of ether oxygens (including phenoxy) is 1. The van der Waals surface area contributed by atoms with Crippen LogP contribution in [-0.2, 0) is 17.6 Å². The van der Waals surface area contributed by atoms with Crippen molar-refractivity contribution in [2.24, 2.45) is 5.73 Å². The summed E-state index contributed by atoms with van der Waals surface area (Å²) < 4.78 is 5.10. The molecule has 2 aromatic rings. The summed E-state index contributed by atoms with van der Waals surface area (Å²) in [7, 11) is 1.47. The van der Waals surface area contributed by atoms with E-state index in [1.165, 1.54) is 36.7 Å². The van der Waals surface area contributed by atoms with E-state index in [-0.39, 0.29) is 16.9 Å². The van der Waals surface area contributed by atoms with Crippen molar-refractivity contribution < 1.29 is 19.4 Å². The number of aromatic hydroxyl groups is 1. The predicted octanol–water partition coefficient (Wildman–Crippen LogP) is 2.99. The van der Waals surface area contributed by atoms with Gasteiger partial charge in [-0.15, -0.1) is 11.3 Å². The smallest absolute Gasteiger partial charge is 0.266 e. The van der Waals surface area contributed by atoms with Gasteiger partial charge in [-0.2, -0.15) is 5.26 Å². The maximum atomic E-state index is 12.6. The van der Waals surface area contributed by atoms with Crippen molar-refractivity contribution in [3.8, 4) is 17.6 Å². The number of benzene rings is 1. The number of rotatable bonds is 5. The second-order valence-electron chi connectivity index (χ2n) is 6.33. The number of thiophene rings is 1. The highest BCUT2D eigenvalue weighted by Crippen LogP contribution is 2.38. The summed E-state index contributed by atoms with van der Waals surface area (Å²) in [5.41, 5.74) is 6.81. The minimum absolute atomic E-state index is 0.0919. The molecule has 2 amide bonds. The summed E-state index contributed by atoms with van der Waals surface area (Å²) in [6.45, 7) is 0. The van der Waals surface area contributed by atoms with Gasteiger partial charge in [0.1, 0.15) is 28.1 Å². The summed E-state index contributed by atoms with van der Waals surface area (Å²) in [6.07, 6.45) is 4.85. The zero-order valence-corrected chi connectivity index (χ0v) is 16.1. The molecule has 0 saturated carbocycles. The maximum absolute atomic E-state index is 12.6. The number of phenols is 1. The van der Waals surface area contributed by atoms with Crippen molar-refractivity contribution in [3.63, 3.8) is 0 Å². The molecular weight excluding hydrogens is 378 g/mol. The number of carbonyl (C=O) groups excluding carboxylic acids is 2. The van der Waals surface area contributed by atoms with Gasteiger partial charge in [-0.05, 0) is 55.5 Å². The van der Waals surface area contributed by atoms with Gasteiger partial charge in [0.2, 0.25) is 0 Å². The fourth-order valence-electron chi connectivity index (χ4n) is 3.16. The molecule has 7 nitrogen and oxygen atoms in total. The van der Waals surface area contributed by atoms with Crippen LogP contribution in [0.1, 0.15) is 39.2 Å². The second kappa shape index (κ2) is 8.15. The number of aryl methyl sites for hydroxylation is 1. The van der Waals surface area contributed by atoms with E-state index in [9.17, 15) is 20.0 Å². The minimum atomic E-state index is -0.675. The van der Waals surface area contributed by atoms with Crippen LogP contribution < -0.4 is 15.8 Å². The van der Waals surface area contributed by atoms with Crippen molar-refractivity contribution >= 4 is 34.2 Å². The molecule has 1 heterocycles. The number of hydrogen-bond acceptors (Lipinski definition) is 6. The quantitative estimate of drug-likeness (QED) is 0.528. The number of nitriles is 1. The van der Waals surface area contributed by atoms with Crippen molar-refractivity contribution in [3.05, 3.63) is 45.3 Å². The molecule has 0 bridgehead atoms. The highest BCUT2D eigenvalue weighted by Gasteiger charge is 2.25. The van der Waals surface area contributed by atoms with Crippen molar-refractivity contribution in [2.45, 2.75) is 25.7 Å². The van der Waals surface area contributed by atoms with Crippen LogP contribution in [0, 0.1) is 11.3 Å². The van der Waals surface area contributed by atoms with Crippen molar-refractivity contribution in [1.29, 1.82) is 5.26 Å². The van der Waals surface area contributed by atoms with Gasteiger partial charge in [-0.1, -0.05) is 0 Å². The number of nitrogens with zero attached hydrogens (tertiary/aromatic N) is 1. The molecule has 0 spiro atoms. The zero-order valence-electron chi connectivity index (χ0n) is 15.2. The first-order valence-corrected chi connectivity index (χ1v) is 9.50. The topological polar surface area (TPSA) is 125 Å². The zero-order chi connectivity index (χ0) is 20.3. The molecule has 0 atom stereocenters. The Kier molecular flexibility index (Phi) is 5.66. The van der Waals surface area contributed by atoms with E-state index in [1.54, 1.807) is 6.07 Å². The number of amides is 2. The molecule has 1 aromatic carbocycles. The Hall–Kier alpha value is -3.31. The van der Waals surface area contributed by atoms with Gasteiger partial charge in [0, 0.05) is 10.4 Å². The lowest BCUT2D eigenvalue weighted by atomic mass is 9.95. The molecule has 3 rings (SSSR count). The van der Waals surface area contributed by atoms with Gasteiger partial charge >= 0.3 is 0 Å². The average Bonchev–Trinajstić information content (AvgIpc) is 3.05. The maximum Gasteiger partial charge on any atom is 0.266 e. The van der Waals surface area contributed by atoms with E-state index in [1.807, 2.05) is 6.07 Å². The molecule has 0 aliphatic heterocycles. The van der Waals surface area contributed by atoms with Crippen LogP contribution >= 0.6 is 11.3 Å². The molecule has 28 heavy (non-hydrogen) atoms. The molecule has 0 radical (unpaired) electrons. The average molecular weight is 397 g/mol. The molecule has 1 aromatic heterocycles. The Bertz CT molecular complexity index is 1020. The number of nitrogens with two attached hydrogens (primary N) is 1. The molecule has 1 aliphatic carbocycles. The number of carbonyl (C=O) groups is 2. The summed E-state index contributed by atoms with van der Waals surface area (Å²) in [5.74, 6) is -0.886. The second-order valence-corrected chi connectivity index (χ2v) is 7.43. The van der Waals surface area contributed by atoms with Gasteiger partial charge in [-0.25, -0.2) is 0 Å². The Labute approximate surface area is 166 Å². The van der Waals surface area contributed by atoms with E-state index < -0.39 is 11.8 Å². The third-order valence-electron chi connectivity index (χ3n) is 4.54. The number of primary amides is 1. The third-order valence-corrected chi connectivity index (χ3v) is 5.75. The van der Waals surface area contributed by atoms with E-state index in [4.69, 9.17) is 10.5 Å². The molecule has 144 valence electrons. The highest BCUT2D eigenvalue weighted by atomic mass is 32.1. The first-order chi connectivity index (χ1) is 13.4. The van der Waals surface area contributed by atoms with Gasteiger partial charge in [0.05, 0.1) is 12.7 Å². The Morgan fingerprint density at radius 1 is 1.36 bits per heavy atom. The minimum Gasteiger partial charge on any atom is -0.507 e. The fraction of sp³-hybridized carbons (Fsp3) is 0.250. The van der Waals surface area contributed by atoms with Crippen molar-refractivity contribution in [2.75, 3.05) is 12.4 Å². The summed E-state index contributed by atoms with van der Waals surface area (Å²) in [5, 5.41) is 22.4. The van der Waals surface area contributed by atoms with E-state index in [2.05, 4.69) is 5.32 Å². The van der Waals surface area contributed by atoms with E-state index in [0.29, 0.717) is 16.3 Å². The molecule has 8 heteroatoms. The SMILES string of the molecule is COc1ccc(O)c(C=C(C#N)C(=O)Nc2sc3c(c2C(N)=O)CCCC3)c1. The van der Waals surface area contributed by atoms with Gasteiger partial charge in [-0.3, -0.25) is 9.59 Å². The first kappa shape index (κ1) is 19.5. The summed E-state index contributed by atoms with van der Waals surface area (Å²) in [4.78, 5) is 25.6. The van der Waals surface area contributed by atoms with Crippen LogP contribution in [0.25, 0.3) is 6.08 Å². The molecule has 0 unspecified atom stereocenters. The van der Waals surface area contributed by atoms with Crippen LogP contribution in [0.3, 0.4) is 0 Å². The predicted molar refractivity (Wildman–Crippen MR) is 106 cm³/mol. The van der Waals surface area contributed by atoms with Gasteiger partial charge in [0.25, 0.3) is 11.8 Å². The highest BCUT2D eigenvalue weighted by molar-refractivity contribution is 7.17. The van der Waals surface area contributed by atoms with E-state index >= 15 is 0 Å². The van der Waals surface area contributed by atoms with E-state index in [0.717, 1.165) is 36.1 Å². The van der Waals surface area contributed by atoms with Gasteiger partial charge < -0.3 is 20.9 Å². The lowest BCUT2D eigenvalue weighted by molar-refractivity contribution is -0.112. The summed E-state index contributed by atoms with van der Waals surface area (Å²) in [6, 6.07) is 6.32. The molecule has 0 fully saturated rings. The standard InChI is InChI=1S/C20H19N3O4S/c1-27-13-6-7-15(24)11(9-13)8-12(10-21)19(26)23-20-17(18(22)25)14-4-2-3-5-16(14)28-20/h6-9,24H,2-5H2,1H3,(H2,22,25)(H,23,26). The largest absolute Gasteiger partial charge is 0.507 e. The number of hydrogen-bond donors (Lipinski definition) is 3. The number of anilines is 1. The molecular formula is C20H19N3O4S. The Balaban J connectivity index is 1.93. The van der Waals surface area contributed by atoms with Crippen LogP contribution in [-0.4, -0.2) is 24.0 Å². The first-order valence-electron chi connectivity index (χ1n) is 8.69. The Morgan fingerprint density at radius 3 is 2.79 bits per heavy atom. The summed E-state index contributed by atoms with van der Waals surface area (Å²) >= 11 is 1.32. The molecule has 0 saturated heterocycles. The number of methoxy groups -OCH3 is 1. The number of phenolic OH excluding ortho intramolecular Hbond substituents is 1. The third kappa shape index (κ3) is 3.85. The lowest BCUT2D eigenvalue weighted by Crippen LogP contribution is -2.19. The molecule has 4 N–H and O–H groups in total. The molecule has 1 aliphatic rings. The number of fused-ring (bicyclic) bond motifs is 1. The lowest BCUT2D eigenvalue weighted by Gasteiger charge is -2.11. The monoisotopic (exact) mass is 397 g/mol. The Morgan fingerprint density at radius 2 is 2.11 bits per heavy atom. The normalized spacial score (nSPS) is 13.4. The van der Waals surface area contributed by atoms with Crippen molar-refractivity contribution in [1.82, 2.24) is 0 Å².